The summed E-state index contributed by atoms with van der Waals surface area (Å²) in [5, 5.41) is 4.08. The molecule has 2 aromatic heterocycles. The van der Waals surface area contributed by atoms with Gasteiger partial charge in [-0.2, -0.15) is 0 Å². The van der Waals surface area contributed by atoms with Crippen LogP contribution in [0.1, 0.15) is 24.9 Å². The normalized spacial score (nSPS) is 11.1. The minimum Gasteiger partial charge on any atom is -0.343 e. The smallest absolute Gasteiger partial charge is 0.129 e. The number of hydrogen-bond acceptors (Lipinski definition) is 2. The van der Waals surface area contributed by atoms with E-state index in [9.17, 15) is 0 Å². The highest BCUT2D eigenvalue weighted by Crippen LogP contribution is 2.12. The zero-order valence-corrected chi connectivity index (χ0v) is 11.6. The highest BCUT2D eigenvalue weighted by molar-refractivity contribution is 6.29. The summed E-state index contributed by atoms with van der Waals surface area (Å²) < 4.78 is 4.10. The van der Waals surface area contributed by atoms with Gasteiger partial charge in [0.05, 0.1) is 12.7 Å². The molecule has 0 atom stereocenters. The maximum atomic E-state index is 5.99. The summed E-state index contributed by atoms with van der Waals surface area (Å²) in [5.41, 5.74) is 1.27. The summed E-state index contributed by atoms with van der Waals surface area (Å²) >= 11 is 5.99. The second-order valence-corrected chi connectivity index (χ2v) is 4.75. The lowest BCUT2D eigenvalue weighted by Crippen LogP contribution is -2.17. The van der Waals surface area contributed by atoms with Crippen LogP contribution in [-0.4, -0.2) is 20.7 Å². The number of nitrogens with one attached hydrogen (secondary N) is 1. The SMILES string of the molecule is CCCNCc1cccn1Cc1ncc(Cl)n1C. The molecule has 0 saturated heterocycles. The highest BCUT2D eigenvalue weighted by atomic mass is 35.5. The topological polar surface area (TPSA) is 34.8 Å². The standard InChI is InChI=1S/C13H19ClN4/c1-3-6-15-8-11-5-4-7-18(11)10-13-16-9-12(14)17(13)2/h4-5,7,9,15H,3,6,8,10H2,1-2H3. The largest absolute Gasteiger partial charge is 0.343 e. The third-order valence-electron chi connectivity index (χ3n) is 3.00. The molecular weight excluding hydrogens is 248 g/mol. The first-order chi connectivity index (χ1) is 8.72. The van der Waals surface area contributed by atoms with Gasteiger partial charge in [-0.25, -0.2) is 4.98 Å². The van der Waals surface area contributed by atoms with Crippen LogP contribution in [0.2, 0.25) is 5.15 Å². The Labute approximate surface area is 113 Å². The Morgan fingerprint density at radius 1 is 1.44 bits per heavy atom. The molecular formula is C13H19ClN4. The number of rotatable bonds is 6. The van der Waals surface area contributed by atoms with E-state index in [0.29, 0.717) is 5.15 Å². The third kappa shape index (κ3) is 2.94. The molecule has 0 aliphatic heterocycles. The third-order valence-corrected chi connectivity index (χ3v) is 3.35. The quantitative estimate of drug-likeness (QED) is 0.815. The average molecular weight is 267 g/mol. The van der Waals surface area contributed by atoms with Gasteiger partial charge in [-0.15, -0.1) is 0 Å². The maximum absolute atomic E-state index is 5.99. The maximum Gasteiger partial charge on any atom is 0.129 e. The first-order valence-corrected chi connectivity index (χ1v) is 6.61. The van der Waals surface area contributed by atoms with Crippen LogP contribution in [-0.2, 0) is 20.1 Å². The van der Waals surface area contributed by atoms with E-state index in [1.54, 1.807) is 6.20 Å². The van der Waals surface area contributed by atoms with Gasteiger partial charge in [0.25, 0.3) is 0 Å². The van der Waals surface area contributed by atoms with Gasteiger partial charge in [0.2, 0.25) is 0 Å². The summed E-state index contributed by atoms with van der Waals surface area (Å²) in [6, 6.07) is 4.20. The van der Waals surface area contributed by atoms with E-state index in [1.807, 2.05) is 11.6 Å². The molecule has 2 heterocycles. The molecule has 18 heavy (non-hydrogen) atoms. The van der Waals surface area contributed by atoms with Crippen LogP contribution in [0.15, 0.2) is 24.5 Å². The van der Waals surface area contributed by atoms with Crippen molar-refractivity contribution >= 4 is 11.6 Å². The second-order valence-electron chi connectivity index (χ2n) is 4.36. The van der Waals surface area contributed by atoms with Crippen molar-refractivity contribution in [3.05, 3.63) is 41.2 Å². The van der Waals surface area contributed by atoms with Crippen LogP contribution in [0.4, 0.5) is 0 Å². The number of aromatic nitrogens is 3. The predicted molar refractivity (Wildman–Crippen MR) is 73.7 cm³/mol. The summed E-state index contributed by atoms with van der Waals surface area (Å²) in [6.45, 7) is 4.85. The Kier molecular flexibility index (Phi) is 4.44. The van der Waals surface area contributed by atoms with E-state index < -0.39 is 0 Å². The minimum atomic E-state index is 0.669. The molecule has 0 unspecified atom stereocenters. The lowest BCUT2D eigenvalue weighted by molar-refractivity contribution is 0.614. The van der Waals surface area contributed by atoms with Crippen molar-refractivity contribution < 1.29 is 0 Å². The van der Waals surface area contributed by atoms with Crippen molar-refractivity contribution in [1.29, 1.82) is 0 Å². The van der Waals surface area contributed by atoms with Crippen molar-refractivity contribution in [3.63, 3.8) is 0 Å². The second kappa shape index (κ2) is 6.07. The van der Waals surface area contributed by atoms with E-state index in [2.05, 4.69) is 40.1 Å². The zero-order chi connectivity index (χ0) is 13.0. The van der Waals surface area contributed by atoms with Crippen LogP contribution in [0.3, 0.4) is 0 Å². The minimum absolute atomic E-state index is 0.669. The molecule has 4 nitrogen and oxygen atoms in total. The van der Waals surface area contributed by atoms with Gasteiger partial charge in [0, 0.05) is 25.5 Å². The van der Waals surface area contributed by atoms with Crippen LogP contribution < -0.4 is 5.32 Å². The number of nitrogens with zero attached hydrogens (tertiary/aromatic N) is 3. The van der Waals surface area contributed by atoms with Crippen LogP contribution >= 0.6 is 11.6 Å². The molecule has 5 heteroatoms. The van der Waals surface area contributed by atoms with Crippen molar-refractivity contribution in [2.45, 2.75) is 26.4 Å². The molecule has 0 aromatic carbocycles. The fourth-order valence-electron chi connectivity index (χ4n) is 1.88. The van der Waals surface area contributed by atoms with E-state index in [0.717, 1.165) is 31.9 Å². The average Bonchev–Trinajstić information content (AvgIpc) is 2.92. The fourth-order valence-corrected chi connectivity index (χ4v) is 2.03. The molecule has 0 fully saturated rings. The number of hydrogen-bond donors (Lipinski definition) is 1. The lowest BCUT2D eigenvalue weighted by Gasteiger charge is -2.10. The van der Waals surface area contributed by atoms with Gasteiger partial charge in [-0.05, 0) is 25.1 Å². The molecule has 0 bridgehead atoms. The van der Waals surface area contributed by atoms with Crippen LogP contribution in [0, 0.1) is 0 Å². The van der Waals surface area contributed by atoms with Gasteiger partial charge in [-0.3, -0.25) is 0 Å². The molecule has 0 spiro atoms. The molecule has 1 N–H and O–H groups in total. The summed E-state index contributed by atoms with van der Waals surface area (Å²) in [5.74, 6) is 0.966. The lowest BCUT2D eigenvalue weighted by atomic mass is 10.4. The van der Waals surface area contributed by atoms with E-state index in [-0.39, 0.29) is 0 Å². The van der Waals surface area contributed by atoms with Crippen molar-refractivity contribution in [2.24, 2.45) is 7.05 Å². The molecule has 98 valence electrons. The van der Waals surface area contributed by atoms with Crippen LogP contribution in [0.25, 0.3) is 0 Å². The van der Waals surface area contributed by atoms with Crippen molar-refractivity contribution in [2.75, 3.05) is 6.54 Å². The van der Waals surface area contributed by atoms with E-state index in [4.69, 9.17) is 11.6 Å². The first kappa shape index (κ1) is 13.2. The zero-order valence-electron chi connectivity index (χ0n) is 10.9. The van der Waals surface area contributed by atoms with E-state index >= 15 is 0 Å². The van der Waals surface area contributed by atoms with Crippen molar-refractivity contribution in [3.8, 4) is 0 Å². The highest BCUT2D eigenvalue weighted by Gasteiger charge is 2.07. The number of imidazole rings is 1. The molecule has 0 aliphatic carbocycles. The molecule has 0 aliphatic rings. The Balaban J connectivity index is 2.05. The fraction of sp³-hybridized carbons (Fsp3) is 0.462. The number of halogens is 1. The Morgan fingerprint density at radius 2 is 2.28 bits per heavy atom. The van der Waals surface area contributed by atoms with Gasteiger partial charge < -0.3 is 14.5 Å². The summed E-state index contributed by atoms with van der Waals surface area (Å²) in [6.07, 6.45) is 4.91. The molecule has 0 amide bonds. The van der Waals surface area contributed by atoms with Gasteiger partial charge >= 0.3 is 0 Å². The Hall–Kier alpha value is -1.26. The molecule has 2 aromatic rings. The first-order valence-electron chi connectivity index (χ1n) is 6.23. The summed E-state index contributed by atoms with van der Waals surface area (Å²) in [4.78, 5) is 4.32. The van der Waals surface area contributed by atoms with Crippen LogP contribution in [0.5, 0.6) is 0 Å². The molecule has 2 rings (SSSR count). The predicted octanol–water partition coefficient (Wildman–Crippen LogP) is 2.42. The van der Waals surface area contributed by atoms with Crippen molar-refractivity contribution in [1.82, 2.24) is 19.4 Å². The Morgan fingerprint density at radius 3 is 2.94 bits per heavy atom. The Bertz CT molecular complexity index is 501. The molecule has 0 saturated carbocycles. The monoisotopic (exact) mass is 266 g/mol. The van der Waals surface area contributed by atoms with Gasteiger partial charge in [0.1, 0.15) is 11.0 Å². The summed E-state index contributed by atoms with van der Waals surface area (Å²) in [7, 11) is 1.93. The van der Waals surface area contributed by atoms with E-state index in [1.165, 1.54) is 5.69 Å². The van der Waals surface area contributed by atoms with Gasteiger partial charge in [-0.1, -0.05) is 18.5 Å². The van der Waals surface area contributed by atoms with Gasteiger partial charge in [0.15, 0.2) is 0 Å². The molecule has 0 radical (unpaired) electrons.